The van der Waals surface area contributed by atoms with Crippen LogP contribution in [0.1, 0.15) is 285 Å². The molecule has 0 fully saturated rings. The third kappa shape index (κ3) is 39.1. The first-order valence-electron chi connectivity index (χ1n) is 26.7. The summed E-state index contributed by atoms with van der Waals surface area (Å²) in [5.74, 6) is 1.40. The molecule has 0 aromatic rings. The monoisotopic (exact) mass is 829 g/mol. The predicted molar refractivity (Wildman–Crippen MR) is 278 cm³/mol. The molecular formula is C60H108. The summed E-state index contributed by atoms with van der Waals surface area (Å²) in [7, 11) is 0. The maximum atomic E-state index is 4.62. The lowest BCUT2D eigenvalue weighted by molar-refractivity contribution is 0.433. The third-order valence-corrected chi connectivity index (χ3v) is 13.4. The zero-order valence-corrected chi connectivity index (χ0v) is 41.9. The van der Waals surface area contributed by atoms with Crippen LogP contribution in [0.15, 0.2) is 85.1 Å². The molecule has 0 radical (unpaired) electrons. The van der Waals surface area contributed by atoms with Gasteiger partial charge in [0.05, 0.1) is 0 Å². The molecule has 0 N–H and O–H groups in total. The van der Waals surface area contributed by atoms with Crippen molar-refractivity contribution in [3.8, 4) is 0 Å². The molecule has 0 aliphatic heterocycles. The summed E-state index contributed by atoms with van der Waals surface area (Å²) in [6.07, 6.45) is 50.8. The summed E-state index contributed by atoms with van der Waals surface area (Å²) in [6, 6.07) is 0. The molecule has 348 valence electrons. The van der Waals surface area contributed by atoms with Crippen molar-refractivity contribution in [2.24, 2.45) is 11.8 Å². The minimum absolute atomic E-state index is 0.700. The lowest BCUT2D eigenvalue weighted by Gasteiger charge is -2.20. The molecule has 0 bridgehead atoms. The maximum Gasteiger partial charge on any atom is -0.0294 e. The van der Waals surface area contributed by atoms with Gasteiger partial charge in [-0.25, -0.2) is 0 Å². The number of hydrogen-bond acceptors (Lipinski definition) is 0. The smallest absolute Gasteiger partial charge is 0.0294 e. The molecule has 0 heteroatoms. The standard InChI is InChI=1S/C60H108/c1-12-16-20-24-28-34-53(6)42-46-59(47-43-54(7)35-29-25-21-17-13-2)50-57(10)40-32-38-52(5)39-33-41-58(11)51-60(48-44-55(8)36-30-26-22-18-14-3)49-45-56(9)37-31-27-23-19-15-4/h59-60H,5-51H2,1-4H3. The summed E-state index contributed by atoms with van der Waals surface area (Å²) in [5.41, 5.74) is 10.2. The fourth-order valence-corrected chi connectivity index (χ4v) is 9.07. The third-order valence-electron chi connectivity index (χ3n) is 13.4. The second-order valence-corrected chi connectivity index (χ2v) is 19.9. The van der Waals surface area contributed by atoms with E-state index in [2.05, 4.69) is 73.7 Å². The molecule has 0 spiro atoms. The van der Waals surface area contributed by atoms with Gasteiger partial charge in [0.1, 0.15) is 0 Å². The van der Waals surface area contributed by atoms with Gasteiger partial charge in [-0.05, 0) is 166 Å². The zero-order chi connectivity index (χ0) is 44.5. The van der Waals surface area contributed by atoms with E-state index in [0.29, 0.717) is 11.8 Å². The van der Waals surface area contributed by atoms with Crippen molar-refractivity contribution in [2.45, 2.75) is 285 Å². The lowest BCUT2D eigenvalue weighted by Crippen LogP contribution is -2.05. The van der Waals surface area contributed by atoms with Crippen LogP contribution >= 0.6 is 0 Å². The van der Waals surface area contributed by atoms with Crippen LogP contribution in [-0.2, 0) is 0 Å². The fraction of sp³-hybridized carbons (Fsp3) is 0.767. The van der Waals surface area contributed by atoms with Gasteiger partial charge in [0.15, 0.2) is 0 Å². The van der Waals surface area contributed by atoms with Crippen LogP contribution < -0.4 is 0 Å². The maximum absolute atomic E-state index is 4.62. The summed E-state index contributed by atoms with van der Waals surface area (Å²) < 4.78 is 0. The summed E-state index contributed by atoms with van der Waals surface area (Å²) in [6.45, 7) is 41.0. The molecular weight excluding hydrogens is 721 g/mol. The van der Waals surface area contributed by atoms with Gasteiger partial charge in [-0.1, -0.05) is 215 Å². The van der Waals surface area contributed by atoms with E-state index < -0.39 is 0 Å². The highest BCUT2D eigenvalue weighted by Crippen LogP contribution is 2.31. The van der Waals surface area contributed by atoms with Crippen molar-refractivity contribution in [1.29, 1.82) is 0 Å². The lowest BCUT2D eigenvalue weighted by atomic mass is 9.85. The van der Waals surface area contributed by atoms with Crippen molar-refractivity contribution in [1.82, 2.24) is 0 Å². The molecule has 0 aliphatic carbocycles. The van der Waals surface area contributed by atoms with Gasteiger partial charge in [0, 0.05) is 0 Å². The van der Waals surface area contributed by atoms with E-state index in [1.165, 1.54) is 270 Å². The largest absolute Gasteiger partial charge is 0.0999 e. The van der Waals surface area contributed by atoms with Crippen molar-refractivity contribution in [3.63, 3.8) is 0 Å². The molecule has 0 saturated heterocycles. The van der Waals surface area contributed by atoms with Gasteiger partial charge in [-0.15, -0.1) is 0 Å². The van der Waals surface area contributed by atoms with E-state index in [1.807, 2.05) is 0 Å². The Morgan fingerprint density at radius 3 is 0.683 bits per heavy atom. The SMILES string of the molecule is C=C(CCCC(=C)CC(CCC(=C)CCCCCCC)CCC(=C)CCCCCCC)CCCC(=C)CC(CCC(=C)CCCCCCC)CCC(=C)CCCCCCC. The van der Waals surface area contributed by atoms with E-state index in [4.69, 9.17) is 0 Å². The van der Waals surface area contributed by atoms with Crippen LogP contribution in [0.4, 0.5) is 0 Å². The van der Waals surface area contributed by atoms with E-state index in [9.17, 15) is 0 Å². The van der Waals surface area contributed by atoms with Gasteiger partial charge < -0.3 is 0 Å². The first-order valence-corrected chi connectivity index (χ1v) is 26.7. The van der Waals surface area contributed by atoms with Crippen LogP contribution in [0.5, 0.6) is 0 Å². The average Bonchev–Trinajstić information content (AvgIpc) is 3.22. The average molecular weight is 830 g/mol. The minimum Gasteiger partial charge on any atom is -0.0999 e. The van der Waals surface area contributed by atoms with Gasteiger partial charge >= 0.3 is 0 Å². The first-order chi connectivity index (χ1) is 29.0. The summed E-state index contributed by atoms with van der Waals surface area (Å²) in [4.78, 5) is 0. The fourth-order valence-electron chi connectivity index (χ4n) is 9.07. The van der Waals surface area contributed by atoms with Crippen LogP contribution in [0.3, 0.4) is 0 Å². The Hall–Kier alpha value is -1.82. The van der Waals surface area contributed by atoms with Gasteiger partial charge in [-0.2, -0.15) is 0 Å². The first kappa shape index (κ1) is 58.2. The van der Waals surface area contributed by atoms with E-state index in [-0.39, 0.29) is 0 Å². The molecule has 0 unspecified atom stereocenters. The summed E-state index contributed by atoms with van der Waals surface area (Å²) >= 11 is 0. The molecule has 0 rings (SSSR count). The van der Waals surface area contributed by atoms with Crippen molar-refractivity contribution < 1.29 is 0 Å². The normalized spacial score (nSPS) is 11.4. The van der Waals surface area contributed by atoms with Crippen LogP contribution in [0.25, 0.3) is 0 Å². The number of allylic oxidation sites excluding steroid dienone is 7. The second kappa shape index (κ2) is 42.5. The van der Waals surface area contributed by atoms with Crippen LogP contribution in [0, 0.1) is 11.8 Å². The Labute approximate surface area is 379 Å². The minimum atomic E-state index is 0.700. The van der Waals surface area contributed by atoms with E-state index >= 15 is 0 Å². The van der Waals surface area contributed by atoms with Gasteiger partial charge in [-0.3, -0.25) is 0 Å². The Bertz CT molecular complexity index is 963. The Balaban J connectivity index is 4.85. The highest BCUT2D eigenvalue weighted by Gasteiger charge is 2.15. The Morgan fingerprint density at radius 2 is 0.433 bits per heavy atom. The molecule has 0 heterocycles. The quantitative estimate of drug-likeness (QED) is 0.0423. The molecule has 0 aromatic carbocycles. The van der Waals surface area contributed by atoms with Gasteiger partial charge in [0.25, 0.3) is 0 Å². The van der Waals surface area contributed by atoms with Crippen LogP contribution in [0.2, 0.25) is 0 Å². The number of unbranched alkanes of at least 4 members (excludes halogenated alkanes) is 16. The van der Waals surface area contributed by atoms with Crippen molar-refractivity contribution in [2.75, 3.05) is 0 Å². The molecule has 0 saturated carbocycles. The molecule has 0 aliphatic rings. The second-order valence-electron chi connectivity index (χ2n) is 19.9. The predicted octanol–water partition coefficient (Wildman–Crippen LogP) is 21.8. The van der Waals surface area contributed by atoms with Crippen molar-refractivity contribution >= 4 is 0 Å². The Morgan fingerprint density at radius 1 is 0.233 bits per heavy atom. The molecule has 0 amide bonds. The molecule has 0 atom stereocenters. The van der Waals surface area contributed by atoms with E-state index in [0.717, 1.165) is 25.7 Å². The number of rotatable bonds is 48. The molecule has 0 aromatic heterocycles. The van der Waals surface area contributed by atoms with Crippen molar-refractivity contribution in [3.05, 3.63) is 85.1 Å². The Kier molecular flexibility index (Phi) is 41.2. The molecule has 60 heavy (non-hydrogen) atoms. The summed E-state index contributed by atoms with van der Waals surface area (Å²) in [5, 5.41) is 0. The topological polar surface area (TPSA) is 0 Å². The highest BCUT2D eigenvalue weighted by molar-refractivity contribution is 5.04. The zero-order valence-electron chi connectivity index (χ0n) is 41.9. The molecule has 0 nitrogen and oxygen atoms in total. The van der Waals surface area contributed by atoms with Crippen LogP contribution in [-0.4, -0.2) is 0 Å². The number of hydrogen-bond donors (Lipinski definition) is 0. The van der Waals surface area contributed by atoms with E-state index in [1.54, 1.807) is 0 Å². The van der Waals surface area contributed by atoms with Gasteiger partial charge in [0.2, 0.25) is 0 Å². The highest BCUT2D eigenvalue weighted by atomic mass is 14.2.